The quantitative estimate of drug-likeness (QED) is 0.506. The molecule has 0 aromatic heterocycles. The highest BCUT2D eigenvalue weighted by Crippen LogP contribution is 1.90. The van der Waals surface area contributed by atoms with E-state index in [1.54, 1.807) is 0 Å². The van der Waals surface area contributed by atoms with Crippen LogP contribution < -0.4 is 0 Å². The van der Waals surface area contributed by atoms with E-state index in [2.05, 4.69) is 6.92 Å². The summed E-state index contributed by atoms with van der Waals surface area (Å²) < 4.78 is 16.6. The van der Waals surface area contributed by atoms with Crippen molar-refractivity contribution >= 4 is 0 Å². The second-order valence-electron chi connectivity index (χ2n) is 2.01. The molecule has 0 amide bonds. The van der Waals surface area contributed by atoms with Gasteiger partial charge >= 0.3 is 0 Å². The molecule has 1 nitrogen and oxygen atoms in total. The third-order valence-electron chi connectivity index (χ3n) is 1.02. The second kappa shape index (κ2) is 7.89. The molecule has 0 heterocycles. The Morgan fingerprint density at radius 1 is 1.22 bits per heavy atom. The van der Waals surface area contributed by atoms with Crippen molar-refractivity contribution in [2.75, 3.05) is 19.9 Å². The lowest BCUT2D eigenvalue weighted by atomic mass is 10.3. The molecule has 0 rings (SSSR count). The number of ether oxygens (including phenoxy) is 1. The van der Waals surface area contributed by atoms with Crippen LogP contribution in [0.5, 0.6) is 0 Å². The van der Waals surface area contributed by atoms with Gasteiger partial charge in [0, 0.05) is 13.2 Å². The number of alkyl halides is 1. The van der Waals surface area contributed by atoms with E-state index in [1.807, 2.05) is 0 Å². The fourth-order valence-electron chi connectivity index (χ4n) is 0.545. The summed E-state index contributed by atoms with van der Waals surface area (Å²) in [6, 6.07) is 0. The molecular weight excluding hydrogens is 119 g/mol. The van der Waals surface area contributed by atoms with Crippen LogP contribution in [0, 0.1) is 0 Å². The van der Waals surface area contributed by atoms with Crippen LogP contribution in [0.2, 0.25) is 0 Å². The maximum absolute atomic E-state index is 11.4. The smallest absolute Gasteiger partial charge is 0.0895 e. The molecule has 0 aliphatic rings. The number of hydrogen-bond acceptors (Lipinski definition) is 1. The van der Waals surface area contributed by atoms with Gasteiger partial charge in [-0.25, -0.2) is 0 Å². The van der Waals surface area contributed by atoms with Crippen LogP contribution >= 0.6 is 0 Å². The van der Waals surface area contributed by atoms with E-state index in [4.69, 9.17) is 4.74 Å². The van der Waals surface area contributed by atoms with Gasteiger partial charge in [0.15, 0.2) is 0 Å². The van der Waals surface area contributed by atoms with E-state index in [-0.39, 0.29) is 6.67 Å². The molecule has 0 aliphatic heterocycles. The summed E-state index contributed by atoms with van der Waals surface area (Å²) in [7, 11) is 0. The Hall–Kier alpha value is -0.110. The van der Waals surface area contributed by atoms with Crippen molar-refractivity contribution in [1.29, 1.82) is 0 Å². The fourth-order valence-corrected chi connectivity index (χ4v) is 0.545. The van der Waals surface area contributed by atoms with Gasteiger partial charge in [0.2, 0.25) is 0 Å². The zero-order chi connectivity index (χ0) is 6.95. The highest BCUT2D eigenvalue weighted by molar-refractivity contribution is 4.35. The first-order valence-corrected chi connectivity index (χ1v) is 3.55. The SMILES string of the molecule is CCCOCCCCF. The number of halogens is 1. The summed E-state index contributed by atoms with van der Waals surface area (Å²) in [5.41, 5.74) is 0. The van der Waals surface area contributed by atoms with Crippen LogP contribution in [0.15, 0.2) is 0 Å². The second-order valence-corrected chi connectivity index (χ2v) is 2.01. The first kappa shape index (κ1) is 8.89. The topological polar surface area (TPSA) is 9.23 Å². The Morgan fingerprint density at radius 3 is 2.56 bits per heavy atom. The van der Waals surface area contributed by atoms with E-state index in [1.165, 1.54) is 0 Å². The zero-order valence-corrected chi connectivity index (χ0v) is 6.03. The van der Waals surface area contributed by atoms with Crippen molar-refractivity contribution in [3.05, 3.63) is 0 Å². The normalized spacial score (nSPS) is 10.0. The van der Waals surface area contributed by atoms with Crippen molar-refractivity contribution in [3.8, 4) is 0 Å². The summed E-state index contributed by atoms with van der Waals surface area (Å²) in [5, 5.41) is 0. The molecule has 0 radical (unpaired) electrons. The van der Waals surface area contributed by atoms with Crippen LogP contribution in [0.1, 0.15) is 26.2 Å². The first-order valence-electron chi connectivity index (χ1n) is 3.55. The summed E-state index contributed by atoms with van der Waals surface area (Å²) in [5.74, 6) is 0. The van der Waals surface area contributed by atoms with Crippen LogP contribution in [-0.2, 0) is 4.74 Å². The lowest BCUT2D eigenvalue weighted by Crippen LogP contribution is -1.95. The van der Waals surface area contributed by atoms with E-state index in [9.17, 15) is 4.39 Å². The Morgan fingerprint density at radius 2 is 2.00 bits per heavy atom. The van der Waals surface area contributed by atoms with E-state index in [0.29, 0.717) is 6.42 Å². The standard InChI is InChI=1S/C7H15FO/c1-2-6-9-7-4-3-5-8/h2-7H2,1H3. The third-order valence-corrected chi connectivity index (χ3v) is 1.02. The number of unbranched alkanes of at least 4 members (excludes halogenated alkanes) is 1. The predicted molar refractivity (Wildman–Crippen MR) is 36.3 cm³/mol. The fraction of sp³-hybridized carbons (Fsp3) is 1.00. The van der Waals surface area contributed by atoms with E-state index in [0.717, 1.165) is 26.1 Å². The van der Waals surface area contributed by atoms with Gasteiger partial charge in [0.25, 0.3) is 0 Å². The number of rotatable bonds is 6. The summed E-state index contributed by atoms with van der Waals surface area (Å²) in [4.78, 5) is 0. The van der Waals surface area contributed by atoms with Crippen LogP contribution in [0.3, 0.4) is 0 Å². The van der Waals surface area contributed by atoms with Crippen LogP contribution in [0.4, 0.5) is 4.39 Å². The van der Waals surface area contributed by atoms with Crippen molar-refractivity contribution in [2.24, 2.45) is 0 Å². The Kier molecular flexibility index (Phi) is 7.79. The Balaban J connectivity index is 2.60. The number of hydrogen-bond donors (Lipinski definition) is 0. The monoisotopic (exact) mass is 134 g/mol. The minimum Gasteiger partial charge on any atom is -0.381 e. The predicted octanol–water partition coefficient (Wildman–Crippen LogP) is 2.16. The van der Waals surface area contributed by atoms with E-state index >= 15 is 0 Å². The van der Waals surface area contributed by atoms with Crippen LogP contribution in [-0.4, -0.2) is 19.9 Å². The lowest BCUT2D eigenvalue weighted by molar-refractivity contribution is 0.129. The largest absolute Gasteiger partial charge is 0.381 e. The van der Waals surface area contributed by atoms with Gasteiger partial charge in [-0.05, 0) is 19.3 Å². The lowest BCUT2D eigenvalue weighted by Gasteiger charge is -1.98. The Bertz CT molecular complexity index is 42.2. The molecule has 0 saturated heterocycles. The summed E-state index contributed by atoms with van der Waals surface area (Å²) in [6.07, 6.45) is 2.55. The van der Waals surface area contributed by atoms with Gasteiger partial charge in [-0.2, -0.15) is 0 Å². The Labute approximate surface area is 56.2 Å². The summed E-state index contributed by atoms with van der Waals surface area (Å²) in [6.45, 7) is 3.38. The molecule has 0 saturated carbocycles. The maximum Gasteiger partial charge on any atom is 0.0895 e. The minimum atomic E-state index is -0.213. The van der Waals surface area contributed by atoms with Crippen molar-refractivity contribution in [2.45, 2.75) is 26.2 Å². The van der Waals surface area contributed by atoms with Gasteiger partial charge in [-0.15, -0.1) is 0 Å². The highest BCUT2D eigenvalue weighted by atomic mass is 19.1. The molecule has 0 bridgehead atoms. The van der Waals surface area contributed by atoms with Crippen molar-refractivity contribution in [1.82, 2.24) is 0 Å². The molecule has 0 fully saturated rings. The molecule has 0 spiro atoms. The third kappa shape index (κ3) is 7.89. The average molecular weight is 134 g/mol. The van der Waals surface area contributed by atoms with Gasteiger partial charge in [-0.1, -0.05) is 6.92 Å². The molecule has 0 aromatic carbocycles. The van der Waals surface area contributed by atoms with Gasteiger partial charge < -0.3 is 4.74 Å². The maximum atomic E-state index is 11.4. The van der Waals surface area contributed by atoms with Crippen LogP contribution in [0.25, 0.3) is 0 Å². The van der Waals surface area contributed by atoms with Gasteiger partial charge in [-0.3, -0.25) is 4.39 Å². The van der Waals surface area contributed by atoms with Gasteiger partial charge in [0.05, 0.1) is 6.67 Å². The molecule has 0 aromatic rings. The molecule has 0 unspecified atom stereocenters. The van der Waals surface area contributed by atoms with Gasteiger partial charge in [0.1, 0.15) is 0 Å². The molecule has 0 atom stereocenters. The molecular formula is C7H15FO. The zero-order valence-electron chi connectivity index (χ0n) is 6.03. The molecule has 2 heteroatoms. The average Bonchev–Trinajstić information content (AvgIpc) is 1.89. The molecule has 9 heavy (non-hydrogen) atoms. The van der Waals surface area contributed by atoms with Crippen molar-refractivity contribution in [3.63, 3.8) is 0 Å². The minimum absolute atomic E-state index is 0.213. The molecule has 0 aliphatic carbocycles. The van der Waals surface area contributed by atoms with E-state index < -0.39 is 0 Å². The first-order chi connectivity index (χ1) is 4.41. The molecule has 56 valence electrons. The van der Waals surface area contributed by atoms with Crippen molar-refractivity contribution < 1.29 is 9.13 Å². The highest BCUT2D eigenvalue weighted by Gasteiger charge is 1.86. The summed E-state index contributed by atoms with van der Waals surface area (Å²) >= 11 is 0. The molecule has 0 N–H and O–H groups in total.